The van der Waals surface area contributed by atoms with Crippen LogP contribution in [0.25, 0.3) is 0 Å². The van der Waals surface area contributed by atoms with E-state index in [1.54, 1.807) is 0 Å². The van der Waals surface area contributed by atoms with Crippen LogP contribution in [0.2, 0.25) is 5.02 Å². The minimum Gasteiger partial charge on any atom is -0.330 e. The van der Waals surface area contributed by atoms with Gasteiger partial charge >= 0.3 is 6.18 Å². The fourth-order valence-corrected chi connectivity index (χ4v) is 2.09. The lowest BCUT2D eigenvalue weighted by Gasteiger charge is -2.13. The first kappa shape index (κ1) is 13.2. The monoisotopic (exact) mass is 274 g/mol. The number of alkyl halides is 3. The Labute approximate surface area is 107 Å². The zero-order valence-electron chi connectivity index (χ0n) is 9.31. The maximum Gasteiger partial charge on any atom is 0.458 e. The van der Waals surface area contributed by atoms with E-state index in [1.165, 1.54) is 18.2 Å². The first-order valence-electron chi connectivity index (χ1n) is 5.32. The average Bonchev–Trinajstić information content (AvgIpc) is 3.06. The van der Waals surface area contributed by atoms with Crippen LogP contribution in [-0.4, -0.2) is 17.7 Å². The summed E-state index contributed by atoms with van der Waals surface area (Å²) in [4.78, 5) is 4.10. The number of nitrogens with two attached hydrogens (primary N) is 1. The maximum absolute atomic E-state index is 11.9. The molecule has 2 rings (SSSR count). The second kappa shape index (κ2) is 4.45. The summed E-state index contributed by atoms with van der Waals surface area (Å²) in [5.74, 6) is 3.17. The van der Waals surface area contributed by atoms with E-state index in [9.17, 15) is 13.2 Å². The summed E-state index contributed by atoms with van der Waals surface area (Å²) >= 11 is 6.02. The van der Waals surface area contributed by atoms with Crippen LogP contribution in [-0.2, 0) is 5.41 Å². The fraction of sp³-hybridized carbons (Fsp3) is 0.417. The van der Waals surface area contributed by atoms with Crippen molar-refractivity contribution in [1.29, 1.82) is 0 Å². The molecule has 1 fully saturated rings. The van der Waals surface area contributed by atoms with Crippen LogP contribution in [0.1, 0.15) is 24.1 Å². The highest BCUT2D eigenvalue weighted by Crippen LogP contribution is 2.48. The Morgan fingerprint density at radius 3 is 2.56 bits per heavy atom. The molecule has 18 heavy (non-hydrogen) atoms. The molecule has 0 bridgehead atoms. The average molecular weight is 275 g/mol. The van der Waals surface area contributed by atoms with Gasteiger partial charge in [0.25, 0.3) is 0 Å². The Morgan fingerprint density at radius 1 is 1.44 bits per heavy atom. The fourth-order valence-electron chi connectivity index (χ4n) is 1.73. The number of rotatable bonds is 2. The quantitative estimate of drug-likeness (QED) is 0.842. The molecule has 1 saturated carbocycles. The molecule has 1 aliphatic carbocycles. The molecule has 0 saturated heterocycles. The molecule has 2 N–H and O–H groups in total. The van der Waals surface area contributed by atoms with Crippen LogP contribution in [0.4, 0.5) is 13.2 Å². The molecule has 0 aliphatic heterocycles. The van der Waals surface area contributed by atoms with E-state index in [2.05, 4.69) is 4.98 Å². The first-order chi connectivity index (χ1) is 8.36. The van der Waals surface area contributed by atoms with E-state index in [0.717, 1.165) is 12.8 Å². The summed E-state index contributed by atoms with van der Waals surface area (Å²) in [6, 6.07) is 1.40. The molecule has 1 heterocycles. The molecule has 0 radical (unpaired) electrons. The van der Waals surface area contributed by atoms with E-state index in [-0.39, 0.29) is 11.0 Å². The van der Waals surface area contributed by atoms with Crippen molar-refractivity contribution >= 4 is 11.6 Å². The van der Waals surface area contributed by atoms with Crippen LogP contribution in [0.15, 0.2) is 12.3 Å². The van der Waals surface area contributed by atoms with E-state index in [4.69, 9.17) is 17.3 Å². The van der Waals surface area contributed by atoms with Gasteiger partial charge in [0, 0.05) is 29.6 Å². The van der Waals surface area contributed by atoms with Crippen molar-refractivity contribution in [3.05, 3.63) is 28.5 Å². The summed E-state index contributed by atoms with van der Waals surface area (Å²) in [6.07, 6.45) is -1.40. The van der Waals surface area contributed by atoms with Crippen LogP contribution in [0, 0.1) is 11.8 Å². The lowest BCUT2D eigenvalue weighted by atomic mass is 10.0. The van der Waals surface area contributed by atoms with Gasteiger partial charge in [0.05, 0.1) is 10.7 Å². The Kier molecular flexibility index (Phi) is 3.26. The van der Waals surface area contributed by atoms with E-state index >= 15 is 0 Å². The summed E-state index contributed by atoms with van der Waals surface area (Å²) in [7, 11) is 0. The predicted octanol–water partition coefficient (Wildman–Crippen LogP) is 2.64. The van der Waals surface area contributed by atoms with Crippen LogP contribution < -0.4 is 5.73 Å². The molecular formula is C12H10ClF3N2. The molecule has 0 amide bonds. The summed E-state index contributed by atoms with van der Waals surface area (Å²) in [6.45, 7) is 0.438. The minimum absolute atomic E-state index is 0.147. The third-order valence-corrected chi connectivity index (χ3v) is 3.22. The third-order valence-electron chi connectivity index (χ3n) is 2.94. The highest BCUT2D eigenvalue weighted by molar-refractivity contribution is 6.31. The zero-order valence-corrected chi connectivity index (χ0v) is 10.1. The summed E-state index contributed by atoms with van der Waals surface area (Å²) < 4.78 is 35.8. The van der Waals surface area contributed by atoms with E-state index in [1.807, 2.05) is 5.92 Å². The van der Waals surface area contributed by atoms with Gasteiger partial charge in [-0.2, -0.15) is 13.2 Å². The van der Waals surface area contributed by atoms with Crippen molar-refractivity contribution in [2.75, 3.05) is 6.54 Å². The second-order valence-corrected chi connectivity index (χ2v) is 4.69. The van der Waals surface area contributed by atoms with Gasteiger partial charge in [-0.05, 0) is 18.9 Å². The number of aromatic nitrogens is 1. The smallest absolute Gasteiger partial charge is 0.330 e. The number of nitrogens with zero attached hydrogens (tertiary/aromatic N) is 1. The van der Waals surface area contributed by atoms with Gasteiger partial charge < -0.3 is 5.73 Å². The molecule has 96 valence electrons. The van der Waals surface area contributed by atoms with Gasteiger partial charge in [-0.25, -0.2) is 0 Å². The maximum atomic E-state index is 11.9. The molecule has 0 atom stereocenters. The minimum atomic E-state index is -4.51. The Morgan fingerprint density at radius 2 is 2.11 bits per heavy atom. The van der Waals surface area contributed by atoms with Crippen molar-refractivity contribution < 1.29 is 13.2 Å². The van der Waals surface area contributed by atoms with Crippen LogP contribution in [0.3, 0.4) is 0 Å². The standard InChI is InChI=1S/C12H10ClF3N2/c13-9-5-8(1-2-12(14,15)16)6-18-10(9)11(7-17)3-4-11/h5-6H,3-4,7,17H2. The molecule has 1 aromatic heterocycles. The number of hydrogen-bond acceptors (Lipinski definition) is 2. The van der Waals surface area contributed by atoms with Crippen LogP contribution in [0.5, 0.6) is 0 Å². The molecule has 0 unspecified atom stereocenters. The number of hydrogen-bond donors (Lipinski definition) is 1. The van der Waals surface area contributed by atoms with E-state index < -0.39 is 6.18 Å². The predicted molar refractivity (Wildman–Crippen MR) is 62.1 cm³/mol. The van der Waals surface area contributed by atoms with Gasteiger partial charge in [0.15, 0.2) is 0 Å². The lowest BCUT2D eigenvalue weighted by Crippen LogP contribution is -2.21. The van der Waals surface area contributed by atoms with Gasteiger partial charge in [0.2, 0.25) is 0 Å². The topological polar surface area (TPSA) is 38.9 Å². The number of pyridine rings is 1. The van der Waals surface area contributed by atoms with Crippen LogP contribution >= 0.6 is 11.6 Å². The Bertz CT molecular complexity index is 524. The third kappa shape index (κ3) is 2.77. The van der Waals surface area contributed by atoms with Gasteiger partial charge in [-0.3, -0.25) is 4.98 Å². The molecule has 6 heteroatoms. The zero-order chi connectivity index (χ0) is 13.4. The first-order valence-corrected chi connectivity index (χ1v) is 5.70. The second-order valence-electron chi connectivity index (χ2n) is 4.29. The largest absolute Gasteiger partial charge is 0.458 e. The molecule has 1 aliphatic rings. The Hall–Kier alpha value is -1.25. The lowest BCUT2D eigenvalue weighted by molar-refractivity contribution is -0.0696. The van der Waals surface area contributed by atoms with E-state index in [0.29, 0.717) is 17.3 Å². The van der Waals surface area contributed by atoms with Gasteiger partial charge in [0.1, 0.15) is 0 Å². The summed E-state index contributed by atoms with van der Waals surface area (Å²) in [5.41, 5.74) is 6.26. The van der Waals surface area contributed by atoms with Gasteiger partial charge in [-0.1, -0.05) is 17.5 Å². The molecule has 2 nitrogen and oxygen atoms in total. The van der Waals surface area contributed by atoms with Gasteiger partial charge in [-0.15, -0.1) is 0 Å². The van der Waals surface area contributed by atoms with Crippen molar-refractivity contribution in [3.63, 3.8) is 0 Å². The van der Waals surface area contributed by atoms with Crippen molar-refractivity contribution in [3.8, 4) is 11.8 Å². The highest BCUT2D eigenvalue weighted by atomic mass is 35.5. The SMILES string of the molecule is NCC1(c2ncc(C#CC(F)(F)F)cc2Cl)CC1. The Balaban J connectivity index is 2.28. The van der Waals surface area contributed by atoms with Crippen molar-refractivity contribution in [1.82, 2.24) is 4.98 Å². The summed E-state index contributed by atoms with van der Waals surface area (Å²) in [5, 5.41) is 0.326. The normalized spacial score (nSPS) is 16.9. The molecule has 1 aromatic rings. The molecule has 0 aromatic carbocycles. The molecular weight excluding hydrogens is 265 g/mol. The molecule has 0 spiro atoms. The highest BCUT2D eigenvalue weighted by Gasteiger charge is 2.45. The number of halogens is 4. The van der Waals surface area contributed by atoms with Crippen molar-refractivity contribution in [2.24, 2.45) is 5.73 Å². The van der Waals surface area contributed by atoms with Crippen molar-refractivity contribution in [2.45, 2.75) is 24.4 Å².